The number of carbonyl (C=O) groups excluding carboxylic acids is 1. The van der Waals surface area contributed by atoms with Crippen LogP contribution in [0.3, 0.4) is 0 Å². The van der Waals surface area contributed by atoms with Crippen LogP contribution in [-0.4, -0.2) is 80.6 Å². The second-order valence-electron chi connectivity index (χ2n) is 6.54. The quantitative estimate of drug-likeness (QED) is 0.728. The van der Waals surface area contributed by atoms with Crippen molar-refractivity contribution in [1.29, 1.82) is 0 Å². The van der Waals surface area contributed by atoms with Crippen LogP contribution in [0.4, 0.5) is 0 Å². The Labute approximate surface area is 133 Å². The van der Waals surface area contributed by atoms with E-state index in [-0.39, 0.29) is 11.7 Å². The third-order valence-electron chi connectivity index (χ3n) is 4.84. The fourth-order valence-electron chi connectivity index (χ4n) is 3.21. The minimum absolute atomic E-state index is 0.247. The van der Waals surface area contributed by atoms with Gasteiger partial charge in [0.25, 0.3) is 0 Å². The van der Waals surface area contributed by atoms with Crippen LogP contribution in [0.2, 0.25) is 0 Å². The van der Waals surface area contributed by atoms with Gasteiger partial charge in [-0.2, -0.15) is 0 Å². The molecule has 0 spiro atoms. The zero-order chi connectivity index (χ0) is 16.3. The highest BCUT2D eigenvalue weighted by Crippen LogP contribution is 2.26. The summed E-state index contributed by atoms with van der Waals surface area (Å²) in [7, 11) is -3.33. The van der Waals surface area contributed by atoms with Crippen molar-refractivity contribution in [2.24, 2.45) is 5.92 Å². The highest BCUT2D eigenvalue weighted by molar-refractivity contribution is 7.92. The Morgan fingerprint density at radius 2 is 1.86 bits per heavy atom. The summed E-state index contributed by atoms with van der Waals surface area (Å²) in [5.41, 5.74) is 0. The third kappa shape index (κ3) is 4.00. The smallest absolute Gasteiger partial charge is 0.237 e. The highest BCUT2D eigenvalue weighted by atomic mass is 32.2. The summed E-state index contributed by atoms with van der Waals surface area (Å²) in [5.74, 6) is -0.191. The molecular formula is C15H28N2O4S. The van der Waals surface area contributed by atoms with Crippen molar-refractivity contribution >= 4 is 15.7 Å². The standard InChI is InChI=1S/C15H28N2O4S/c1-4-13-9-17(15(18)11-22(19,20)12(2)3)10-14(13)16-5-7-21-8-6-16/h12-14H,4-11H2,1-3H3/t13-,14-/m0/s1. The van der Waals surface area contributed by atoms with Crippen LogP contribution in [0.1, 0.15) is 27.2 Å². The fraction of sp³-hybridized carbons (Fsp3) is 0.933. The number of rotatable bonds is 5. The molecule has 6 nitrogen and oxygen atoms in total. The van der Waals surface area contributed by atoms with Crippen LogP contribution in [0.25, 0.3) is 0 Å². The SMILES string of the molecule is CC[C@H]1CN(C(=O)CS(=O)(=O)C(C)C)C[C@@H]1N1CCOCC1. The Balaban J connectivity index is 2.00. The molecule has 2 aliphatic rings. The lowest BCUT2D eigenvalue weighted by Gasteiger charge is -2.34. The van der Waals surface area contributed by atoms with Gasteiger partial charge in [0.05, 0.1) is 18.5 Å². The first-order chi connectivity index (χ1) is 10.3. The molecule has 0 aromatic carbocycles. The first-order valence-corrected chi connectivity index (χ1v) is 9.87. The lowest BCUT2D eigenvalue weighted by Crippen LogP contribution is -2.47. The van der Waals surface area contributed by atoms with E-state index in [0.717, 1.165) is 32.7 Å². The maximum Gasteiger partial charge on any atom is 0.237 e. The molecule has 0 unspecified atom stereocenters. The van der Waals surface area contributed by atoms with Crippen LogP contribution in [0.15, 0.2) is 0 Å². The Kier molecular flexibility index (Phi) is 5.85. The van der Waals surface area contributed by atoms with Gasteiger partial charge in [0.1, 0.15) is 5.75 Å². The highest BCUT2D eigenvalue weighted by Gasteiger charge is 2.39. The molecule has 0 aromatic rings. The molecule has 0 aliphatic carbocycles. The number of morpholine rings is 1. The molecule has 0 aromatic heterocycles. The van der Waals surface area contributed by atoms with Crippen molar-refractivity contribution in [3.05, 3.63) is 0 Å². The number of likely N-dealkylation sites (tertiary alicyclic amines) is 1. The number of amides is 1. The van der Waals surface area contributed by atoms with Gasteiger partial charge in [0.2, 0.25) is 5.91 Å². The number of carbonyl (C=O) groups is 1. The average molecular weight is 332 g/mol. The van der Waals surface area contributed by atoms with Crippen LogP contribution in [0.5, 0.6) is 0 Å². The zero-order valence-corrected chi connectivity index (χ0v) is 14.6. The molecule has 2 heterocycles. The molecule has 2 atom stereocenters. The first kappa shape index (κ1) is 17.7. The second kappa shape index (κ2) is 7.27. The van der Waals surface area contributed by atoms with Gasteiger partial charge < -0.3 is 9.64 Å². The monoisotopic (exact) mass is 332 g/mol. The van der Waals surface area contributed by atoms with E-state index in [1.807, 2.05) is 0 Å². The molecule has 0 saturated carbocycles. The largest absolute Gasteiger partial charge is 0.379 e. The van der Waals surface area contributed by atoms with Crippen LogP contribution < -0.4 is 0 Å². The number of sulfone groups is 1. The summed E-state index contributed by atoms with van der Waals surface area (Å²) in [4.78, 5) is 16.5. The number of hydrogen-bond donors (Lipinski definition) is 0. The Hall–Kier alpha value is -0.660. The van der Waals surface area contributed by atoms with Gasteiger partial charge >= 0.3 is 0 Å². The van der Waals surface area contributed by atoms with Gasteiger partial charge in [-0.1, -0.05) is 13.3 Å². The van der Waals surface area contributed by atoms with E-state index in [4.69, 9.17) is 4.74 Å². The van der Waals surface area contributed by atoms with E-state index in [1.165, 1.54) is 0 Å². The fourth-order valence-corrected chi connectivity index (χ4v) is 4.07. The predicted molar refractivity (Wildman–Crippen MR) is 85.5 cm³/mol. The van der Waals surface area contributed by atoms with Crippen LogP contribution in [0, 0.1) is 5.92 Å². The van der Waals surface area contributed by atoms with E-state index in [1.54, 1.807) is 18.7 Å². The van der Waals surface area contributed by atoms with Gasteiger partial charge in [0.15, 0.2) is 9.84 Å². The van der Waals surface area contributed by atoms with Crippen LogP contribution in [-0.2, 0) is 19.4 Å². The normalized spacial score (nSPS) is 27.5. The van der Waals surface area contributed by atoms with Crippen molar-refractivity contribution < 1.29 is 17.9 Å². The molecular weight excluding hydrogens is 304 g/mol. The molecule has 0 N–H and O–H groups in total. The topological polar surface area (TPSA) is 66.9 Å². The number of ether oxygens (including phenoxy) is 1. The van der Waals surface area contributed by atoms with Crippen molar-refractivity contribution in [3.63, 3.8) is 0 Å². The second-order valence-corrected chi connectivity index (χ2v) is 9.10. The molecule has 2 fully saturated rings. The van der Waals surface area contributed by atoms with Gasteiger partial charge in [-0.15, -0.1) is 0 Å². The molecule has 2 saturated heterocycles. The van der Waals surface area contributed by atoms with E-state index in [2.05, 4.69) is 11.8 Å². The van der Waals surface area contributed by atoms with Gasteiger partial charge in [-0.25, -0.2) is 8.42 Å². The zero-order valence-electron chi connectivity index (χ0n) is 13.8. The molecule has 7 heteroatoms. The van der Waals surface area contributed by atoms with Gasteiger partial charge in [-0.3, -0.25) is 9.69 Å². The predicted octanol–water partition coefficient (Wildman–Crippen LogP) is 0.379. The third-order valence-corrected chi connectivity index (χ3v) is 6.93. The summed E-state index contributed by atoms with van der Waals surface area (Å²) in [6.45, 7) is 9.97. The summed E-state index contributed by atoms with van der Waals surface area (Å²) < 4.78 is 29.3. The number of hydrogen-bond acceptors (Lipinski definition) is 5. The Morgan fingerprint density at radius 1 is 1.23 bits per heavy atom. The van der Waals surface area contributed by atoms with E-state index in [9.17, 15) is 13.2 Å². The van der Waals surface area contributed by atoms with E-state index in [0.29, 0.717) is 25.0 Å². The molecule has 2 rings (SSSR count). The van der Waals surface area contributed by atoms with Gasteiger partial charge in [-0.05, 0) is 19.8 Å². The Bertz CT molecular complexity index is 486. The molecule has 2 aliphatic heterocycles. The van der Waals surface area contributed by atoms with E-state index >= 15 is 0 Å². The maximum absolute atomic E-state index is 12.4. The van der Waals surface area contributed by atoms with Crippen LogP contribution >= 0.6 is 0 Å². The number of nitrogens with zero attached hydrogens (tertiary/aromatic N) is 2. The van der Waals surface area contributed by atoms with Crippen molar-refractivity contribution in [3.8, 4) is 0 Å². The summed E-state index contributed by atoms with van der Waals surface area (Å²) in [6, 6.07) is 0.333. The minimum Gasteiger partial charge on any atom is -0.379 e. The minimum atomic E-state index is -3.33. The summed E-state index contributed by atoms with van der Waals surface area (Å²) >= 11 is 0. The average Bonchev–Trinajstić information content (AvgIpc) is 2.92. The van der Waals surface area contributed by atoms with Gasteiger partial charge in [0, 0.05) is 32.2 Å². The van der Waals surface area contributed by atoms with Crippen molar-refractivity contribution in [2.45, 2.75) is 38.5 Å². The van der Waals surface area contributed by atoms with Crippen molar-refractivity contribution in [2.75, 3.05) is 45.1 Å². The summed E-state index contributed by atoms with van der Waals surface area (Å²) in [5, 5.41) is -0.504. The molecule has 0 radical (unpaired) electrons. The lowest BCUT2D eigenvalue weighted by atomic mass is 9.99. The van der Waals surface area contributed by atoms with Crippen molar-refractivity contribution in [1.82, 2.24) is 9.80 Å². The molecule has 1 amide bonds. The molecule has 22 heavy (non-hydrogen) atoms. The molecule has 0 bridgehead atoms. The maximum atomic E-state index is 12.4. The first-order valence-electron chi connectivity index (χ1n) is 8.16. The Morgan fingerprint density at radius 3 is 2.41 bits per heavy atom. The lowest BCUT2D eigenvalue weighted by molar-refractivity contribution is -0.127. The van der Waals surface area contributed by atoms with E-state index < -0.39 is 15.1 Å². The molecule has 128 valence electrons. The summed E-state index contributed by atoms with van der Waals surface area (Å²) in [6.07, 6.45) is 1.00.